The second-order valence-electron chi connectivity index (χ2n) is 5.47. The smallest absolute Gasteiger partial charge is 0.0429 e. The van der Waals surface area contributed by atoms with Crippen molar-refractivity contribution >= 4 is 0 Å². The van der Waals surface area contributed by atoms with Crippen LogP contribution in [-0.4, -0.2) is 24.5 Å². The predicted molar refractivity (Wildman–Crippen MR) is 75.3 cm³/mol. The average Bonchev–Trinajstić information content (AvgIpc) is 2.47. The standard InChI is InChI=1S/C16H22N2/c1-13(15-7-4-9-17-11-15)18-10-8-14-5-2-3-6-16(14)12-18/h2-3,5-6,15,17H,1,4,7-12H2. The number of piperidine rings is 1. The summed E-state index contributed by atoms with van der Waals surface area (Å²) in [5.74, 6) is 0.643. The van der Waals surface area contributed by atoms with Gasteiger partial charge >= 0.3 is 0 Å². The van der Waals surface area contributed by atoms with Gasteiger partial charge in [-0.05, 0) is 36.9 Å². The van der Waals surface area contributed by atoms with E-state index < -0.39 is 0 Å². The van der Waals surface area contributed by atoms with Crippen LogP contribution in [0.2, 0.25) is 0 Å². The van der Waals surface area contributed by atoms with Crippen LogP contribution in [0.1, 0.15) is 24.0 Å². The minimum atomic E-state index is 0.643. The Morgan fingerprint density at radius 1 is 1.28 bits per heavy atom. The molecule has 0 saturated carbocycles. The zero-order valence-electron chi connectivity index (χ0n) is 11.0. The van der Waals surface area contributed by atoms with Crippen molar-refractivity contribution in [1.29, 1.82) is 0 Å². The molecule has 96 valence electrons. The van der Waals surface area contributed by atoms with Crippen LogP contribution >= 0.6 is 0 Å². The lowest BCUT2D eigenvalue weighted by atomic mass is 9.93. The fourth-order valence-corrected chi connectivity index (χ4v) is 3.14. The van der Waals surface area contributed by atoms with Gasteiger partial charge in [-0.3, -0.25) is 0 Å². The molecule has 1 fully saturated rings. The lowest BCUT2D eigenvalue weighted by molar-refractivity contribution is 0.261. The van der Waals surface area contributed by atoms with Gasteiger partial charge in [-0.2, -0.15) is 0 Å². The number of hydrogen-bond donors (Lipinski definition) is 1. The van der Waals surface area contributed by atoms with Crippen molar-refractivity contribution in [2.45, 2.75) is 25.8 Å². The zero-order valence-corrected chi connectivity index (χ0v) is 11.0. The molecular formula is C16H22N2. The molecule has 0 bridgehead atoms. The van der Waals surface area contributed by atoms with Crippen LogP contribution in [0.5, 0.6) is 0 Å². The van der Waals surface area contributed by atoms with Crippen molar-refractivity contribution < 1.29 is 0 Å². The van der Waals surface area contributed by atoms with E-state index in [2.05, 4.69) is 41.1 Å². The Bertz CT molecular complexity index is 432. The van der Waals surface area contributed by atoms with Crippen LogP contribution in [0, 0.1) is 5.92 Å². The molecule has 1 atom stereocenters. The molecule has 2 nitrogen and oxygen atoms in total. The fraction of sp³-hybridized carbons (Fsp3) is 0.500. The van der Waals surface area contributed by atoms with Gasteiger partial charge in [-0.15, -0.1) is 0 Å². The Labute approximate surface area is 110 Å². The summed E-state index contributed by atoms with van der Waals surface area (Å²) in [4.78, 5) is 2.49. The average molecular weight is 242 g/mol. The van der Waals surface area contributed by atoms with E-state index in [9.17, 15) is 0 Å². The lowest BCUT2D eigenvalue weighted by Crippen LogP contribution is -2.38. The highest BCUT2D eigenvalue weighted by atomic mass is 15.1. The first kappa shape index (κ1) is 11.8. The van der Waals surface area contributed by atoms with E-state index in [-0.39, 0.29) is 0 Å². The molecule has 0 spiro atoms. The largest absolute Gasteiger partial charge is 0.370 e. The van der Waals surface area contributed by atoms with Crippen molar-refractivity contribution in [3.8, 4) is 0 Å². The lowest BCUT2D eigenvalue weighted by Gasteiger charge is -2.37. The summed E-state index contributed by atoms with van der Waals surface area (Å²) in [7, 11) is 0. The third-order valence-corrected chi connectivity index (χ3v) is 4.30. The normalized spacial score (nSPS) is 23.6. The van der Waals surface area contributed by atoms with Crippen LogP contribution in [0.15, 0.2) is 36.5 Å². The number of hydrogen-bond acceptors (Lipinski definition) is 2. The molecule has 18 heavy (non-hydrogen) atoms. The van der Waals surface area contributed by atoms with Crippen molar-refractivity contribution in [2.75, 3.05) is 19.6 Å². The summed E-state index contributed by atoms with van der Waals surface area (Å²) in [6.45, 7) is 8.82. The van der Waals surface area contributed by atoms with Crippen LogP contribution < -0.4 is 5.32 Å². The van der Waals surface area contributed by atoms with Gasteiger partial charge in [0.05, 0.1) is 0 Å². The molecule has 0 radical (unpaired) electrons. The van der Waals surface area contributed by atoms with Gasteiger partial charge in [0.25, 0.3) is 0 Å². The second kappa shape index (κ2) is 5.15. The Morgan fingerprint density at radius 3 is 2.89 bits per heavy atom. The third-order valence-electron chi connectivity index (χ3n) is 4.30. The zero-order chi connectivity index (χ0) is 12.4. The summed E-state index contributed by atoms with van der Waals surface area (Å²) in [5.41, 5.74) is 4.34. The van der Waals surface area contributed by atoms with Crippen LogP contribution in [-0.2, 0) is 13.0 Å². The first-order valence-electron chi connectivity index (χ1n) is 7.06. The molecule has 2 heterocycles. The molecule has 3 rings (SSSR count). The van der Waals surface area contributed by atoms with Gasteiger partial charge in [0, 0.05) is 31.2 Å². The molecule has 0 amide bonds. The van der Waals surface area contributed by atoms with Crippen molar-refractivity contribution in [2.24, 2.45) is 5.92 Å². The van der Waals surface area contributed by atoms with Crippen molar-refractivity contribution in [3.05, 3.63) is 47.7 Å². The van der Waals surface area contributed by atoms with Gasteiger partial charge < -0.3 is 10.2 Å². The first-order valence-corrected chi connectivity index (χ1v) is 7.06. The molecule has 1 N–H and O–H groups in total. The van der Waals surface area contributed by atoms with Gasteiger partial charge in [0.1, 0.15) is 0 Å². The summed E-state index contributed by atoms with van der Waals surface area (Å²) in [6.07, 6.45) is 3.74. The maximum atomic E-state index is 4.36. The first-order chi connectivity index (χ1) is 8.84. The monoisotopic (exact) mass is 242 g/mol. The number of rotatable bonds is 2. The molecule has 1 aromatic rings. The summed E-state index contributed by atoms with van der Waals surface area (Å²) in [5, 5.41) is 3.49. The fourth-order valence-electron chi connectivity index (χ4n) is 3.14. The van der Waals surface area contributed by atoms with E-state index in [1.54, 1.807) is 0 Å². The third kappa shape index (κ3) is 2.30. The molecule has 2 aliphatic rings. The summed E-state index contributed by atoms with van der Waals surface area (Å²) < 4.78 is 0. The molecule has 2 aliphatic heterocycles. The molecule has 0 aromatic heterocycles. The van der Waals surface area contributed by atoms with Gasteiger partial charge in [-0.25, -0.2) is 0 Å². The molecule has 1 unspecified atom stereocenters. The molecule has 2 heteroatoms. The highest BCUT2D eigenvalue weighted by Crippen LogP contribution is 2.27. The number of nitrogens with zero attached hydrogens (tertiary/aromatic N) is 1. The molecule has 1 aromatic carbocycles. The van der Waals surface area contributed by atoms with Crippen molar-refractivity contribution in [3.63, 3.8) is 0 Å². The second-order valence-corrected chi connectivity index (χ2v) is 5.47. The van der Waals surface area contributed by atoms with Gasteiger partial charge in [-0.1, -0.05) is 30.8 Å². The number of benzene rings is 1. The van der Waals surface area contributed by atoms with Crippen molar-refractivity contribution in [1.82, 2.24) is 10.2 Å². The minimum Gasteiger partial charge on any atom is -0.370 e. The molecule has 1 saturated heterocycles. The topological polar surface area (TPSA) is 15.3 Å². The van der Waals surface area contributed by atoms with E-state index in [4.69, 9.17) is 0 Å². The highest BCUT2D eigenvalue weighted by Gasteiger charge is 2.23. The van der Waals surface area contributed by atoms with Crippen LogP contribution in [0.3, 0.4) is 0 Å². The van der Waals surface area contributed by atoms with E-state index in [0.717, 1.165) is 26.1 Å². The molecule has 0 aliphatic carbocycles. The minimum absolute atomic E-state index is 0.643. The Hall–Kier alpha value is -1.28. The van der Waals surface area contributed by atoms with Crippen LogP contribution in [0.25, 0.3) is 0 Å². The van der Waals surface area contributed by atoms with E-state index in [1.165, 1.54) is 36.2 Å². The molecular weight excluding hydrogens is 220 g/mol. The summed E-state index contributed by atoms with van der Waals surface area (Å²) in [6, 6.07) is 8.81. The van der Waals surface area contributed by atoms with Crippen LogP contribution in [0.4, 0.5) is 0 Å². The predicted octanol–water partition coefficient (Wildman–Crippen LogP) is 2.56. The van der Waals surface area contributed by atoms with E-state index in [1.807, 2.05) is 0 Å². The van der Waals surface area contributed by atoms with Gasteiger partial charge in [0.15, 0.2) is 0 Å². The number of nitrogens with one attached hydrogen (secondary N) is 1. The SMILES string of the molecule is C=C(C1CCCNC1)N1CCc2ccccc2C1. The Morgan fingerprint density at radius 2 is 2.11 bits per heavy atom. The van der Waals surface area contributed by atoms with E-state index in [0.29, 0.717) is 5.92 Å². The summed E-state index contributed by atoms with van der Waals surface area (Å²) >= 11 is 0. The Kier molecular flexibility index (Phi) is 3.37. The highest BCUT2D eigenvalue weighted by molar-refractivity contribution is 5.30. The maximum absolute atomic E-state index is 4.36. The van der Waals surface area contributed by atoms with E-state index >= 15 is 0 Å². The number of fused-ring (bicyclic) bond motifs is 1. The maximum Gasteiger partial charge on any atom is 0.0429 e. The Balaban J connectivity index is 1.69. The quantitative estimate of drug-likeness (QED) is 0.857. The van der Waals surface area contributed by atoms with Gasteiger partial charge in [0.2, 0.25) is 0 Å².